The first-order valence-corrected chi connectivity index (χ1v) is 15.5. The Balaban J connectivity index is 0.000000180. The third-order valence-corrected chi connectivity index (χ3v) is 8.95. The number of carbonyl (C=O) groups excluding carboxylic acids is 2. The maximum Gasteiger partial charge on any atom is 0.240 e. The number of allylic oxidation sites excluding steroid dienone is 4. The van der Waals surface area contributed by atoms with E-state index in [4.69, 9.17) is 0 Å². The zero-order valence-electron chi connectivity index (χ0n) is 26.3. The summed E-state index contributed by atoms with van der Waals surface area (Å²) < 4.78 is 0. The zero-order valence-corrected chi connectivity index (χ0v) is 26.3. The van der Waals surface area contributed by atoms with Gasteiger partial charge in [-0.2, -0.15) is 9.98 Å². The van der Waals surface area contributed by atoms with E-state index in [9.17, 15) is 9.59 Å². The van der Waals surface area contributed by atoms with Gasteiger partial charge in [0, 0.05) is 17.4 Å². The van der Waals surface area contributed by atoms with E-state index < -0.39 is 0 Å². The van der Waals surface area contributed by atoms with Crippen LogP contribution in [0.15, 0.2) is 82.4 Å². The molecule has 0 N–H and O–H groups in total. The molecule has 4 aromatic rings. The molecule has 2 aliphatic carbocycles. The maximum atomic E-state index is 11.2. The molecular formula is C39H40N2O2. The number of hydrogen-bond acceptors (Lipinski definition) is 4. The Labute approximate surface area is 255 Å². The average molecular weight is 569 g/mol. The zero-order chi connectivity index (χ0) is 30.8. The number of isocyanates is 2. The standard InChI is InChI=1S/C21H20N2O2.C18H20/c1-12(2)17-15-7-5-6-14-8-9-16(22-10-24)20(19(14)15)18(13(3)4)21(17)23-11-25;1-4-13-10-15-7-6-8-16-12(3)9-14(5-2)17(11-13)18(15)16/h5-9,12-13,17H,1-4H3;6-12H,4-5H2,1-3H3. The number of aliphatic imine (C=N–C) groups is 2. The van der Waals surface area contributed by atoms with Crippen LogP contribution in [0.2, 0.25) is 0 Å². The Morgan fingerprint density at radius 2 is 1.49 bits per heavy atom. The summed E-state index contributed by atoms with van der Waals surface area (Å²) in [5, 5.41) is 5.08. The van der Waals surface area contributed by atoms with Gasteiger partial charge in [-0.3, -0.25) is 0 Å². The molecule has 6 rings (SSSR count). The van der Waals surface area contributed by atoms with Crippen molar-refractivity contribution in [2.45, 2.75) is 73.1 Å². The summed E-state index contributed by atoms with van der Waals surface area (Å²) >= 11 is 0. The topological polar surface area (TPSA) is 58.9 Å². The van der Waals surface area contributed by atoms with Crippen LogP contribution in [-0.2, 0) is 16.0 Å². The quantitative estimate of drug-likeness (QED) is 0.172. The third kappa shape index (κ3) is 5.34. The van der Waals surface area contributed by atoms with Gasteiger partial charge in [-0.25, -0.2) is 9.59 Å². The molecule has 0 amide bonds. The fourth-order valence-electron chi connectivity index (χ4n) is 7.10. The van der Waals surface area contributed by atoms with Crippen molar-refractivity contribution in [2.75, 3.05) is 0 Å². The molecule has 0 radical (unpaired) electrons. The maximum absolute atomic E-state index is 11.2. The van der Waals surface area contributed by atoms with E-state index in [0.717, 1.165) is 46.0 Å². The summed E-state index contributed by atoms with van der Waals surface area (Å²) in [4.78, 5) is 30.1. The molecule has 0 spiro atoms. The fourth-order valence-corrected chi connectivity index (χ4v) is 7.10. The molecule has 0 heterocycles. The van der Waals surface area contributed by atoms with Crippen LogP contribution < -0.4 is 0 Å². The Kier molecular flexibility index (Phi) is 8.74. The lowest BCUT2D eigenvalue weighted by atomic mass is 9.72. The fraction of sp³-hybridized carbons (Fsp3) is 0.333. The van der Waals surface area contributed by atoms with Gasteiger partial charge >= 0.3 is 0 Å². The van der Waals surface area contributed by atoms with Crippen LogP contribution in [0.25, 0.3) is 32.7 Å². The molecular weight excluding hydrogens is 528 g/mol. The van der Waals surface area contributed by atoms with E-state index in [1.165, 1.54) is 33.0 Å². The van der Waals surface area contributed by atoms with E-state index in [2.05, 4.69) is 107 Å². The summed E-state index contributed by atoms with van der Waals surface area (Å²) in [5.74, 6) is 0.930. The number of nitrogens with zero attached hydrogens (tertiary/aromatic N) is 2. The highest BCUT2D eigenvalue weighted by Gasteiger charge is 2.34. The van der Waals surface area contributed by atoms with E-state index in [-0.39, 0.29) is 17.8 Å². The van der Waals surface area contributed by atoms with Gasteiger partial charge < -0.3 is 0 Å². The first-order chi connectivity index (χ1) is 20.7. The SMILES string of the molecule is CC(C)C1=C(N=C=O)C(C(C)C)c2cccc3ccc(N=C=O)c1c23.CCC1=CC(C)c2cccc3cc(CC)cc1c23. The number of aryl methyl sites for hydroxylation is 1. The second kappa shape index (κ2) is 12.5. The minimum absolute atomic E-state index is 0.00510. The van der Waals surface area contributed by atoms with Gasteiger partial charge in [-0.15, -0.1) is 0 Å². The van der Waals surface area contributed by atoms with Crippen LogP contribution in [0.5, 0.6) is 0 Å². The van der Waals surface area contributed by atoms with Crippen LogP contribution in [0.4, 0.5) is 5.69 Å². The van der Waals surface area contributed by atoms with Gasteiger partial charge in [0.2, 0.25) is 12.2 Å². The van der Waals surface area contributed by atoms with Gasteiger partial charge in [0.1, 0.15) is 0 Å². The van der Waals surface area contributed by atoms with Crippen molar-refractivity contribution in [3.8, 4) is 0 Å². The highest BCUT2D eigenvalue weighted by molar-refractivity contribution is 6.04. The predicted octanol–water partition coefficient (Wildman–Crippen LogP) is 10.6. The number of hydrogen-bond donors (Lipinski definition) is 0. The lowest BCUT2D eigenvalue weighted by molar-refractivity contribution is 0.541. The largest absolute Gasteiger partial charge is 0.240 e. The van der Waals surface area contributed by atoms with Gasteiger partial charge in [0.05, 0.1) is 11.4 Å². The van der Waals surface area contributed by atoms with Crippen molar-refractivity contribution in [3.63, 3.8) is 0 Å². The van der Waals surface area contributed by atoms with Crippen molar-refractivity contribution >= 4 is 50.5 Å². The first kappa shape index (κ1) is 30.1. The summed E-state index contributed by atoms with van der Waals surface area (Å²) in [6.45, 7) is 15.2. The minimum atomic E-state index is 0.00510. The first-order valence-electron chi connectivity index (χ1n) is 15.5. The van der Waals surface area contributed by atoms with Crippen molar-refractivity contribution in [1.29, 1.82) is 0 Å². The summed E-state index contributed by atoms with van der Waals surface area (Å²) in [6.07, 6.45) is 8.06. The summed E-state index contributed by atoms with van der Waals surface area (Å²) in [6, 6.07) is 21.4. The van der Waals surface area contributed by atoms with Gasteiger partial charge in [-0.1, -0.05) is 109 Å². The van der Waals surface area contributed by atoms with E-state index in [0.29, 0.717) is 11.6 Å². The predicted molar refractivity (Wildman–Crippen MR) is 179 cm³/mol. The van der Waals surface area contributed by atoms with Crippen LogP contribution in [0.1, 0.15) is 94.5 Å². The number of rotatable bonds is 6. The monoisotopic (exact) mass is 568 g/mol. The van der Waals surface area contributed by atoms with E-state index in [1.807, 2.05) is 18.2 Å². The molecule has 218 valence electrons. The average Bonchev–Trinajstić information content (AvgIpc) is 3.00. The highest BCUT2D eigenvalue weighted by atomic mass is 16.1. The lowest BCUT2D eigenvalue weighted by Crippen LogP contribution is -2.17. The van der Waals surface area contributed by atoms with Crippen molar-refractivity contribution in [1.82, 2.24) is 0 Å². The van der Waals surface area contributed by atoms with Crippen LogP contribution in [0, 0.1) is 11.8 Å². The molecule has 0 aromatic heterocycles. The van der Waals surface area contributed by atoms with Gasteiger partial charge in [0.25, 0.3) is 0 Å². The van der Waals surface area contributed by atoms with Gasteiger partial charge in [-0.05, 0) is 85.7 Å². The second-order valence-corrected chi connectivity index (χ2v) is 12.3. The Morgan fingerprint density at radius 3 is 2.12 bits per heavy atom. The van der Waals surface area contributed by atoms with E-state index in [1.54, 1.807) is 12.2 Å². The molecule has 0 saturated carbocycles. The highest BCUT2D eigenvalue weighted by Crippen LogP contribution is 2.51. The molecule has 0 fully saturated rings. The molecule has 4 nitrogen and oxygen atoms in total. The molecule has 2 unspecified atom stereocenters. The minimum Gasteiger partial charge on any atom is -0.211 e. The second-order valence-electron chi connectivity index (χ2n) is 12.3. The van der Waals surface area contributed by atoms with Crippen molar-refractivity contribution in [3.05, 3.63) is 100 Å². The van der Waals surface area contributed by atoms with Crippen molar-refractivity contribution in [2.24, 2.45) is 21.8 Å². The molecule has 0 aliphatic heterocycles. The summed E-state index contributed by atoms with van der Waals surface area (Å²) in [5.41, 5.74) is 10.2. The Morgan fingerprint density at radius 1 is 0.791 bits per heavy atom. The Bertz CT molecular complexity index is 1880. The lowest BCUT2D eigenvalue weighted by Gasteiger charge is -2.33. The third-order valence-electron chi connectivity index (χ3n) is 8.95. The van der Waals surface area contributed by atoms with Crippen LogP contribution in [-0.4, -0.2) is 12.2 Å². The molecule has 4 aromatic carbocycles. The van der Waals surface area contributed by atoms with E-state index >= 15 is 0 Å². The summed E-state index contributed by atoms with van der Waals surface area (Å²) in [7, 11) is 0. The smallest absolute Gasteiger partial charge is 0.211 e. The van der Waals surface area contributed by atoms with Crippen LogP contribution >= 0.6 is 0 Å². The molecule has 2 aliphatic rings. The van der Waals surface area contributed by atoms with Crippen molar-refractivity contribution < 1.29 is 9.59 Å². The molecule has 43 heavy (non-hydrogen) atoms. The van der Waals surface area contributed by atoms with Gasteiger partial charge in [0.15, 0.2) is 0 Å². The normalized spacial score (nSPS) is 16.9. The molecule has 2 atom stereocenters. The Hall–Kier alpha value is -4.36. The van der Waals surface area contributed by atoms with Crippen LogP contribution in [0.3, 0.4) is 0 Å². The molecule has 0 saturated heterocycles. The number of benzene rings is 4. The molecule has 4 heteroatoms. The molecule has 0 bridgehead atoms.